The van der Waals surface area contributed by atoms with Crippen molar-refractivity contribution in [1.82, 2.24) is 25.0 Å². The van der Waals surface area contributed by atoms with Gasteiger partial charge in [0.05, 0.1) is 6.54 Å². The van der Waals surface area contributed by atoms with Crippen molar-refractivity contribution in [1.29, 1.82) is 0 Å². The smallest absolute Gasteiger partial charge is 0.257 e. The van der Waals surface area contributed by atoms with Gasteiger partial charge < -0.3 is 19.0 Å². The van der Waals surface area contributed by atoms with E-state index in [1.54, 1.807) is 0 Å². The van der Waals surface area contributed by atoms with Gasteiger partial charge >= 0.3 is 0 Å². The number of carbonyl (C=O) groups is 1. The number of fused-ring (bicyclic) bond motifs is 1. The molecule has 0 radical (unpaired) electrons. The number of carbonyl (C=O) groups excluding carboxylic acids is 1. The summed E-state index contributed by atoms with van der Waals surface area (Å²) in [4.78, 5) is 14.4. The molecule has 1 amide bonds. The van der Waals surface area contributed by atoms with E-state index in [9.17, 15) is 4.79 Å². The van der Waals surface area contributed by atoms with E-state index in [-0.39, 0.29) is 12.5 Å². The van der Waals surface area contributed by atoms with Gasteiger partial charge in [-0.15, -0.1) is 10.2 Å². The van der Waals surface area contributed by atoms with E-state index in [1.165, 1.54) is 0 Å². The molecule has 2 aromatic heterocycles. The third kappa shape index (κ3) is 5.73. The Bertz CT molecular complexity index is 982. The molecule has 3 aromatic rings. The molecule has 1 aliphatic rings. The lowest BCUT2D eigenvalue weighted by atomic mass is 10.3. The average molecular weight is 424 g/mol. The zero-order chi connectivity index (χ0) is 21.5. The molecule has 1 aromatic carbocycles. The summed E-state index contributed by atoms with van der Waals surface area (Å²) in [5, 5.41) is 11.6. The molecule has 4 rings (SSSR count). The minimum atomic E-state index is -0.143. The molecule has 31 heavy (non-hydrogen) atoms. The zero-order valence-electron chi connectivity index (χ0n) is 17.9. The van der Waals surface area contributed by atoms with Gasteiger partial charge in [-0.05, 0) is 24.3 Å². The highest BCUT2D eigenvalue weighted by Gasteiger charge is 2.19. The first kappa shape index (κ1) is 21.1. The molecule has 3 heterocycles. The lowest BCUT2D eigenvalue weighted by Crippen LogP contribution is -2.31. The highest BCUT2D eigenvalue weighted by atomic mass is 16.5. The predicted molar refractivity (Wildman–Crippen MR) is 116 cm³/mol. The van der Waals surface area contributed by atoms with Gasteiger partial charge in [0, 0.05) is 45.4 Å². The van der Waals surface area contributed by atoms with Crippen molar-refractivity contribution < 1.29 is 13.9 Å². The van der Waals surface area contributed by atoms with E-state index < -0.39 is 0 Å². The fourth-order valence-corrected chi connectivity index (χ4v) is 3.72. The Morgan fingerprint density at radius 2 is 1.94 bits per heavy atom. The van der Waals surface area contributed by atoms with Crippen molar-refractivity contribution in [3.8, 4) is 5.75 Å². The van der Waals surface area contributed by atoms with E-state index in [4.69, 9.17) is 9.15 Å². The van der Waals surface area contributed by atoms with E-state index in [1.807, 2.05) is 30.3 Å². The molecule has 0 saturated carbocycles. The van der Waals surface area contributed by atoms with Crippen LogP contribution in [0.5, 0.6) is 5.75 Å². The number of rotatable bonds is 9. The highest BCUT2D eigenvalue weighted by Crippen LogP contribution is 2.15. The number of para-hydroxylation sites is 1. The third-order valence-corrected chi connectivity index (χ3v) is 5.42. The maximum absolute atomic E-state index is 12.0. The number of nitrogens with zero attached hydrogens (tertiary/aromatic N) is 4. The van der Waals surface area contributed by atoms with E-state index in [0.29, 0.717) is 18.7 Å². The molecule has 1 N–H and O–H groups in total. The number of amides is 1. The van der Waals surface area contributed by atoms with Crippen LogP contribution in [0.3, 0.4) is 0 Å². The molecule has 0 fully saturated rings. The third-order valence-electron chi connectivity index (χ3n) is 5.42. The van der Waals surface area contributed by atoms with Crippen molar-refractivity contribution in [2.75, 3.05) is 26.2 Å². The first-order valence-electron chi connectivity index (χ1n) is 10.9. The second-order valence-corrected chi connectivity index (χ2v) is 7.63. The minimum Gasteiger partial charge on any atom is -0.484 e. The summed E-state index contributed by atoms with van der Waals surface area (Å²) in [6, 6.07) is 13.4. The van der Waals surface area contributed by atoms with Crippen molar-refractivity contribution >= 4 is 5.91 Å². The second-order valence-electron chi connectivity index (χ2n) is 7.63. The second kappa shape index (κ2) is 10.3. The molecular weight excluding hydrogens is 394 g/mol. The standard InChI is InChI=1S/C23H29N5O3/c1-2-18-8-9-20(31-18)16-27-13-11-22-26-25-21(28(22)15-14-27)10-12-24-23(29)17-30-19-6-4-3-5-7-19/h3-9H,2,10-17H2,1H3,(H,24,29). The number of furan rings is 1. The molecule has 0 spiro atoms. The lowest BCUT2D eigenvalue weighted by molar-refractivity contribution is -0.123. The normalized spacial score (nSPS) is 14.1. The Labute approximate surface area is 182 Å². The number of benzene rings is 1. The van der Waals surface area contributed by atoms with Gasteiger partial charge in [0.15, 0.2) is 6.61 Å². The Morgan fingerprint density at radius 1 is 1.10 bits per heavy atom. The SMILES string of the molecule is CCc1ccc(CN2CCc3nnc(CCNC(=O)COc4ccccc4)n3CC2)o1. The van der Waals surface area contributed by atoms with Crippen LogP contribution in [0.25, 0.3) is 0 Å². The average Bonchev–Trinajstić information content (AvgIpc) is 3.36. The Balaban J connectivity index is 1.23. The van der Waals surface area contributed by atoms with Crippen molar-refractivity contribution in [3.63, 3.8) is 0 Å². The Kier molecular flexibility index (Phi) is 6.99. The van der Waals surface area contributed by atoms with Gasteiger partial charge in [-0.1, -0.05) is 25.1 Å². The number of aryl methyl sites for hydroxylation is 1. The Hall–Kier alpha value is -3.13. The molecule has 0 unspecified atom stereocenters. The van der Waals surface area contributed by atoms with Crippen LogP contribution in [-0.4, -0.2) is 51.8 Å². The van der Waals surface area contributed by atoms with Crippen molar-refractivity contribution in [2.24, 2.45) is 0 Å². The first-order chi connectivity index (χ1) is 15.2. The molecule has 0 aliphatic carbocycles. The molecule has 1 aliphatic heterocycles. The van der Waals surface area contributed by atoms with Crippen LogP contribution >= 0.6 is 0 Å². The largest absolute Gasteiger partial charge is 0.484 e. The van der Waals surface area contributed by atoms with Crippen LogP contribution in [0.4, 0.5) is 0 Å². The first-order valence-corrected chi connectivity index (χ1v) is 10.9. The fraction of sp³-hybridized carbons (Fsp3) is 0.435. The van der Waals surface area contributed by atoms with Crippen molar-refractivity contribution in [3.05, 3.63) is 65.6 Å². The van der Waals surface area contributed by atoms with Gasteiger partial charge in [0.1, 0.15) is 28.9 Å². The van der Waals surface area contributed by atoms with Crippen LogP contribution in [0.2, 0.25) is 0 Å². The van der Waals surface area contributed by atoms with Gasteiger partial charge in [0.2, 0.25) is 0 Å². The van der Waals surface area contributed by atoms with Crippen LogP contribution in [0.1, 0.15) is 30.1 Å². The predicted octanol–water partition coefficient (Wildman–Crippen LogP) is 2.23. The van der Waals surface area contributed by atoms with Crippen LogP contribution in [0, 0.1) is 0 Å². The summed E-state index contributed by atoms with van der Waals surface area (Å²) in [6.07, 6.45) is 2.41. The summed E-state index contributed by atoms with van der Waals surface area (Å²) in [7, 11) is 0. The quantitative estimate of drug-likeness (QED) is 0.568. The van der Waals surface area contributed by atoms with Crippen LogP contribution < -0.4 is 10.1 Å². The molecule has 0 atom stereocenters. The molecule has 8 nitrogen and oxygen atoms in total. The lowest BCUT2D eigenvalue weighted by Gasteiger charge is -2.18. The summed E-state index contributed by atoms with van der Waals surface area (Å²) in [5.41, 5.74) is 0. The number of ether oxygens (including phenoxy) is 1. The summed E-state index contributed by atoms with van der Waals surface area (Å²) >= 11 is 0. The zero-order valence-corrected chi connectivity index (χ0v) is 17.9. The van der Waals surface area contributed by atoms with E-state index in [0.717, 1.165) is 62.2 Å². The highest BCUT2D eigenvalue weighted by molar-refractivity contribution is 5.77. The number of hydrogen-bond acceptors (Lipinski definition) is 6. The maximum Gasteiger partial charge on any atom is 0.257 e. The summed E-state index contributed by atoms with van der Waals surface area (Å²) in [5.74, 6) is 4.49. The monoisotopic (exact) mass is 423 g/mol. The van der Waals surface area contributed by atoms with Gasteiger partial charge in [-0.2, -0.15) is 0 Å². The van der Waals surface area contributed by atoms with Gasteiger partial charge in [-0.3, -0.25) is 9.69 Å². The number of nitrogens with one attached hydrogen (secondary N) is 1. The summed E-state index contributed by atoms with van der Waals surface area (Å²) in [6.45, 7) is 6.09. The molecular formula is C23H29N5O3. The topological polar surface area (TPSA) is 85.4 Å². The molecule has 0 bridgehead atoms. The molecule has 8 heteroatoms. The van der Waals surface area contributed by atoms with Crippen LogP contribution in [-0.2, 0) is 37.1 Å². The number of aromatic nitrogens is 3. The molecule has 164 valence electrons. The minimum absolute atomic E-state index is 0.00341. The van der Waals surface area contributed by atoms with Crippen molar-refractivity contribution in [2.45, 2.75) is 39.3 Å². The number of hydrogen-bond donors (Lipinski definition) is 1. The maximum atomic E-state index is 12.0. The summed E-state index contributed by atoms with van der Waals surface area (Å²) < 4.78 is 13.5. The van der Waals surface area contributed by atoms with Gasteiger partial charge in [-0.25, -0.2) is 0 Å². The Morgan fingerprint density at radius 3 is 2.74 bits per heavy atom. The van der Waals surface area contributed by atoms with Gasteiger partial charge in [0.25, 0.3) is 5.91 Å². The fourth-order valence-electron chi connectivity index (χ4n) is 3.72. The van der Waals surface area contributed by atoms with Crippen LogP contribution in [0.15, 0.2) is 46.9 Å². The molecule has 0 saturated heterocycles. The van der Waals surface area contributed by atoms with E-state index >= 15 is 0 Å². The van der Waals surface area contributed by atoms with E-state index in [2.05, 4.69) is 44.0 Å².